The molecule has 0 radical (unpaired) electrons. The van der Waals surface area contributed by atoms with Crippen molar-refractivity contribution in [1.29, 1.82) is 0 Å². The molecule has 0 bridgehead atoms. The van der Waals surface area contributed by atoms with Crippen LogP contribution < -0.4 is 5.32 Å². The zero-order valence-electron chi connectivity index (χ0n) is 11.0. The fraction of sp³-hybridized carbons (Fsp3) is 0.917. The number of rotatable bonds is 6. The van der Waals surface area contributed by atoms with Crippen LogP contribution in [0.2, 0.25) is 0 Å². The highest BCUT2D eigenvalue weighted by molar-refractivity contribution is 8.00. The number of carbonyl (C=O) groups is 1. The molecule has 0 aliphatic carbocycles. The molecule has 100 valence electrons. The second kappa shape index (κ2) is 7.24. The van der Waals surface area contributed by atoms with Gasteiger partial charge >= 0.3 is 5.97 Å². The van der Waals surface area contributed by atoms with Gasteiger partial charge in [0, 0.05) is 24.2 Å². The number of carbonyl (C=O) groups excluding carboxylic acids is 1. The SMILES string of the molecule is CCNC(C)(CSC1CCOCC1)C(=O)OC. The van der Waals surface area contributed by atoms with Crippen LogP contribution in [0.3, 0.4) is 0 Å². The fourth-order valence-electron chi connectivity index (χ4n) is 1.92. The van der Waals surface area contributed by atoms with Crippen molar-refractivity contribution >= 4 is 17.7 Å². The van der Waals surface area contributed by atoms with Gasteiger partial charge in [0.15, 0.2) is 0 Å². The van der Waals surface area contributed by atoms with Gasteiger partial charge in [0.2, 0.25) is 0 Å². The summed E-state index contributed by atoms with van der Waals surface area (Å²) >= 11 is 1.84. The maximum Gasteiger partial charge on any atom is 0.326 e. The summed E-state index contributed by atoms with van der Waals surface area (Å²) in [5, 5.41) is 3.83. The highest BCUT2D eigenvalue weighted by atomic mass is 32.2. The van der Waals surface area contributed by atoms with Gasteiger partial charge in [-0.25, -0.2) is 0 Å². The van der Waals surface area contributed by atoms with E-state index in [1.165, 1.54) is 7.11 Å². The lowest BCUT2D eigenvalue weighted by molar-refractivity contribution is -0.146. The zero-order valence-corrected chi connectivity index (χ0v) is 11.8. The minimum Gasteiger partial charge on any atom is -0.468 e. The number of esters is 1. The van der Waals surface area contributed by atoms with Crippen molar-refractivity contribution in [3.8, 4) is 0 Å². The second-order valence-electron chi connectivity index (χ2n) is 4.48. The van der Waals surface area contributed by atoms with E-state index in [-0.39, 0.29) is 5.97 Å². The van der Waals surface area contributed by atoms with Crippen LogP contribution in [0, 0.1) is 0 Å². The molecule has 0 aromatic heterocycles. The lowest BCUT2D eigenvalue weighted by atomic mass is 10.1. The van der Waals surface area contributed by atoms with E-state index < -0.39 is 5.54 Å². The molecule has 0 aromatic carbocycles. The smallest absolute Gasteiger partial charge is 0.326 e. The predicted octanol–water partition coefficient (Wildman–Crippen LogP) is 1.44. The van der Waals surface area contributed by atoms with Crippen molar-refractivity contribution in [3.05, 3.63) is 0 Å². The molecule has 0 spiro atoms. The van der Waals surface area contributed by atoms with Crippen molar-refractivity contribution in [2.45, 2.75) is 37.5 Å². The molecule has 1 unspecified atom stereocenters. The summed E-state index contributed by atoms with van der Waals surface area (Å²) in [7, 11) is 1.44. The van der Waals surface area contributed by atoms with Gasteiger partial charge in [-0.15, -0.1) is 0 Å². The topological polar surface area (TPSA) is 47.6 Å². The summed E-state index contributed by atoms with van der Waals surface area (Å²) < 4.78 is 10.2. The average Bonchev–Trinajstić information content (AvgIpc) is 2.37. The number of methoxy groups -OCH3 is 1. The van der Waals surface area contributed by atoms with Gasteiger partial charge < -0.3 is 14.8 Å². The normalized spacial score (nSPS) is 20.9. The molecule has 1 saturated heterocycles. The Bertz CT molecular complexity index is 244. The maximum atomic E-state index is 11.8. The van der Waals surface area contributed by atoms with Crippen molar-refractivity contribution in [1.82, 2.24) is 5.32 Å². The van der Waals surface area contributed by atoms with Gasteiger partial charge in [-0.3, -0.25) is 4.79 Å². The molecule has 1 heterocycles. The Morgan fingerprint density at radius 3 is 2.71 bits per heavy atom. The van der Waals surface area contributed by atoms with E-state index in [1.54, 1.807) is 0 Å². The summed E-state index contributed by atoms with van der Waals surface area (Å²) in [5.74, 6) is 0.567. The zero-order chi connectivity index (χ0) is 12.7. The molecular weight excluding hydrogens is 238 g/mol. The molecule has 0 saturated carbocycles. The molecule has 1 atom stereocenters. The third kappa shape index (κ3) is 4.48. The molecule has 1 aliphatic rings. The van der Waals surface area contributed by atoms with E-state index in [4.69, 9.17) is 9.47 Å². The van der Waals surface area contributed by atoms with Crippen LogP contribution in [0.1, 0.15) is 26.7 Å². The van der Waals surface area contributed by atoms with Gasteiger partial charge in [-0.1, -0.05) is 6.92 Å². The first-order valence-electron chi connectivity index (χ1n) is 6.15. The van der Waals surface area contributed by atoms with Gasteiger partial charge in [-0.05, 0) is 26.3 Å². The Kier molecular flexibility index (Phi) is 6.30. The van der Waals surface area contributed by atoms with E-state index in [1.807, 2.05) is 25.6 Å². The third-order valence-electron chi connectivity index (χ3n) is 2.98. The Morgan fingerprint density at radius 2 is 2.18 bits per heavy atom. The number of nitrogens with one attached hydrogen (secondary N) is 1. The Balaban J connectivity index is 2.45. The van der Waals surface area contributed by atoms with Crippen LogP contribution in [0.4, 0.5) is 0 Å². The first-order chi connectivity index (χ1) is 8.12. The maximum absolute atomic E-state index is 11.8. The Hall–Kier alpha value is -0.260. The van der Waals surface area contributed by atoms with Gasteiger partial charge in [0.05, 0.1) is 7.11 Å². The summed E-state index contributed by atoms with van der Waals surface area (Å²) in [6.45, 7) is 6.36. The number of likely N-dealkylation sites (N-methyl/N-ethyl adjacent to an activating group) is 1. The van der Waals surface area contributed by atoms with Crippen molar-refractivity contribution in [3.63, 3.8) is 0 Å². The van der Waals surface area contributed by atoms with Gasteiger partial charge in [0.25, 0.3) is 0 Å². The fourth-order valence-corrected chi connectivity index (χ4v) is 3.24. The van der Waals surface area contributed by atoms with E-state index in [9.17, 15) is 4.79 Å². The predicted molar refractivity (Wildman–Crippen MR) is 70.4 cm³/mol. The molecule has 1 fully saturated rings. The van der Waals surface area contributed by atoms with Crippen LogP contribution in [0.5, 0.6) is 0 Å². The van der Waals surface area contributed by atoms with Crippen molar-refractivity contribution < 1.29 is 14.3 Å². The van der Waals surface area contributed by atoms with Crippen molar-refractivity contribution in [2.24, 2.45) is 0 Å². The highest BCUT2D eigenvalue weighted by Gasteiger charge is 2.34. The molecule has 17 heavy (non-hydrogen) atoms. The lowest BCUT2D eigenvalue weighted by Crippen LogP contribution is -2.52. The van der Waals surface area contributed by atoms with E-state index >= 15 is 0 Å². The summed E-state index contributed by atoms with van der Waals surface area (Å²) in [4.78, 5) is 11.8. The molecule has 0 amide bonds. The molecule has 4 nitrogen and oxygen atoms in total. The highest BCUT2D eigenvalue weighted by Crippen LogP contribution is 2.26. The van der Waals surface area contributed by atoms with E-state index in [0.29, 0.717) is 5.25 Å². The van der Waals surface area contributed by atoms with Crippen LogP contribution in [0.25, 0.3) is 0 Å². The average molecular weight is 261 g/mol. The lowest BCUT2D eigenvalue weighted by Gasteiger charge is -2.30. The molecule has 5 heteroatoms. The van der Waals surface area contributed by atoms with Crippen LogP contribution in [0.15, 0.2) is 0 Å². The van der Waals surface area contributed by atoms with Crippen molar-refractivity contribution in [2.75, 3.05) is 32.6 Å². The number of hydrogen-bond acceptors (Lipinski definition) is 5. The van der Waals surface area contributed by atoms with E-state index in [0.717, 1.165) is 38.4 Å². The Morgan fingerprint density at radius 1 is 1.53 bits per heavy atom. The standard InChI is InChI=1S/C12H23NO3S/c1-4-13-12(2,11(14)15-3)9-17-10-5-7-16-8-6-10/h10,13H,4-9H2,1-3H3. The monoisotopic (exact) mass is 261 g/mol. The summed E-state index contributed by atoms with van der Waals surface area (Å²) in [5.41, 5.74) is -0.577. The largest absolute Gasteiger partial charge is 0.468 e. The van der Waals surface area contributed by atoms with Crippen LogP contribution in [-0.2, 0) is 14.3 Å². The molecule has 1 rings (SSSR count). The Labute approximate surface area is 108 Å². The third-order valence-corrected chi connectivity index (χ3v) is 4.67. The minimum absolute atomic E-state index is 0.182. The van der Waals surface area contributed by atoms with Crippen LogP contribution in [-0.4, -0.2) is 49.4 Å². The first-order valence-corrected chi connectivity index (χ1v) is 7.20. The second-order valence-corrected chi connectivity index (χ2v) is 5.77. The quantitative estimate of drug-likeness (QED) is 0.733. The number of thioether (sulfide) groups is 1. The van der Waals surface area contributed by atoms with Gasteiger partial charge in [-0.2, -0.15) is 11.8 Å². The summed E-state index contributed by atoms with van der Waals surface area (Å²) in [6.07, 6.45) is 2.15. The molecule has 1 N–H and O–H groups in total. The van der Waals surface area contributed by atoms with Crippen LogP contribution >= 0.6 is 11.8 Å². The summed E-state index contributed by atoms with van der Waals surface area (Å²) in [6, 6.07) is 0. The van der Waals surface area contributed by atoms with Gasteiger partial charge in [0.1, 0.15) is 5.54 Å². The number of hydrogen-bond donors (Lipinski definition) is 1. The molecular formula is C12H23NO3S. The minimum atomic E-state index is -0.577. The number of ether oxygens (including phenoxy) is 2. The first kappa shape index (κ1) is 14.8. The molecule has 0 aromatic rings. The molecule has 1 aliphatic heterocycles. The van der Waals surface area contributed by atoms with E-state index in [2.05, 4.69) is 5.32 Å².